The van der Waals surface area contributed by atoms with Crippen molar-refractivity contribution in [2.45, 2.75) is 30.6 Å². The summed E-state index contributed by atoms with van der Waals surface area (Å²) in [5, 5.41) is 5.42. The molecule has 0 fully saturated rings. The van der Waals surface area contributed by atoms with Gasteiger partial charge in [-0.1, -0.05) is 29.8 Å². The number of aromatic nitrogens is 2. The maximum atomic E-state index is 12.5. The zero-order chi connectivity index (χ0) is 18.2. The minimum atomic E-state index is -3.70. The number of aryl methyl sites for hydroxylation is 1. The van der Waals surface area contributed by atoms with E-state index in [4.69, 9.17) is 11.6 Å². The lowest BCUT2D eigenvalue weighted by Gasteiger charge is -2.14. The summed E-state index contributed by atoms with van der Waals surface area (Å²) in [5.74, 6) is 0. The Morgan fingerprint density at radius 3 is 2.76 bits per heavy atom. The van der Waals surface area contributed by atoms with E-state index in [1.165, 1.54) is 10.7 Å². The van der Waals surface area contributed by atoms with E-state index >= 15 is 0 Å². The van der Waals surface area contributed by atoms with Gasteiger partial charge >= 0.3 is 0 Å². The van der Waals surface area contributed by atoms with E-state index in [9.17, 15) is 13.2 Å². The fraction of sp³-hybridized carbons (Fsp3) is 0.250. The molecule has 0 saturated carbocycles. The van der Waals surface area contributed by atoms with Crippen molar-refractivity contribution in [3.63, 3.8) is 0 Å². The van der Waals surface area contributed by atoms with Gasteiger partial charge in [0.05, 0.1) is 22.5 Å². The molecule has 1 aromatic carbocycles. The third kappa shape index (κ3) is 3.77. The van der Waals surface area contributed by atoms with Gasteiger partial charge < -0.3 is 0 Å². The molecule has 0 saturated heterocycles. The Kier molecular flexibility index (Phi) is 4.97. The summed E-state index contributed by atoms with van der Waals surface area (Å²) in [7, 11) is -3.70. The SMILES string of the molecule is Cc1cc(S(=O)(=O)N[C@@H](C)Cn2ncc3ccccc3c2=O)sc1Cl. The van der Waals surface area contributed by atoms with Crippen LogP contribution in [0.5, 0.6) is 0 Å². The largest absolute Gasteiger partial charge is 0.274 e. The van der Waals surface area contributed by atoms with E-state index in [-0.39, 0.29) is 16.3 Å². The molecule has 0 aliphatic heterocycles. The van der Waals surface area contributed by atoms with Gasteiger partial charge in [0, 0.05) is 11.4 Å². The molecule has 1 N–H and O–H groups in total. The minimum absolute atomic E-state index is 0.126. The Bertz CT molecular complexity index is 1070. The molecule has 2 heterocycles. The molecular formula is C16H16ClN3O3S2. The molecule has 0 amide bonds. The summed E-state index contributed by atoms with van der Waals surface area (Å²) in [5.41, 5.74) is 0.464. The van der Waals surface area contributed by atoms with Crippen LogP contribution in [0.4, 0.5) is 0 Å². The number of nitrogens with one attached hydrogen (secondary N) is 1. The normalized spacial score (nSPS) is 13.2. The molecule has 0 aliphatic carbocycles. The number of hydrogen-bond acceptors (Lipinski definition) is 5. The van der Waals surface area contributed by atoms with Crippen molar-refractivity contribution in [3.05, 3.63) is 56.8 Å². The van der Waals surface area contributed by atoms with Crippen LogP contribution in [0.1, 0.15) is 12.5 Å². The minimum Gasteiger partial charge on any atom is -0.267 e. The van der Waals surface area contributed by atoms with E-state index in [0.717, 1.165) is 16.7 Å². The Labute approximate surface area is 154 Å². The molecule has 3 rings (SSSR count). The predicted octanol–water partition coefficient (Wildman–Crippen LogP) is 2.79. The van der Waals surface area contributed by atoms with E-state index < -0.39 is 16.1 Å². The number of fused-ring (bicyclic) bond motifs is 1. The second-order valence-corrected chi connectivity index (χ2v) is 9.36. The van der Waals surface area contributed by atoms with Crippen molar-refractivity contribution in [2.24, 2.45) is 0 Å². The van der Waals surface area contributed by atoms with Crippen molar-refractivity contribution in [2.75, 3.05) is 0 Å². The lowest BCUT2D eigenvalue weighted by Crippen LogP contribution is -2.38. The summed E-state index contributed by atoms with van der Waals surface area (Å²) in [4.78, 5) is 12.5. The van der Waals surface area contributed by atoms with Gasteiger partial charge in [0.1, 0.15) is 4.21 Å². The third-order valence-electron chi connectivity index (χ3n) is 3.66. The maximum absolute atomic E-state index is 12.5. The number of sulfonamides is 1. The second-order valence-electron chi connectivity index (χ2n) is 5.76. The van der Waals surface area contributed by atoms with Crippen molar-refractivity contribution in [1.29, 1.82) is 0 Å². The number of nitrogens with zero attached hydrogens (tertiary/aromatic N) is 2. The molecule has 1 atom stereocenters. The van der Waals surface area contributed by atoms with Crippen LogP contribution in [0.3, 0.4) is 0 Å². The van der Waals surface area contributed by atoms with Crippen molar-refractivity contribution < 1.29 is 8.42 Å². The molecule has 6 nitrogen and oxygen atoms in total. The van der Waals surface area contributed by atoms with Crippen LogP contribution in [-0.4, -0.2) is 24.2 Å². The summed E-state index contributed by atoms with van der Waals surface area (Å²) < 4.78 is 29.3. The highest BCUT2D eigenvalue weighted by Gasteiger charge is 2.21. The zero-order valence-electron chi connectivity index (χ0n) is 13.6. The van der Waals surface area contributed by atoms with Crippen LogP contribution in [0.25, 0.3) is 10.8 Å². The predicted molar refractivity (Wildman–Crippen MR) is 99.9 cm³/mol. The number of rotatable bonds is 5. The van der Waals surface area contributed by atoms with E-state index in [0.29, 0.717) is 15.3 Å². The summed E-state index contributed by atoms with van der Waals surface area (Å²) in [6.07, 6.45) is 1.60. The highest BCUT2D eigenvalue weighted by molar-refractivity contribution is 7.91. The second kappa shape index (κ2) is 6.87. The van der Waals surface area contributed by atoms with Gasteiger partial charge in [0.2, 0.25) is 10.0 Å². The van der Waals surface area contributed by atoms with Gasteiger partial charge in [0.25, 0.3) is 5.56 Å². The lowest BCUT2D eigenvalue weighted by atomic mass is 10.2. The molecular weight excluding hydrogens is 382 g/mol. The van der Waals surface area contributed by atoms with Gasteiger partial charge in [-0.05, 0) is 31.5 Å². The van der Waals surface area contributed by atoms with Gasteiger partial charge in [-0.25, -0.2) is 17.8 Å². The Balaban J connectivity index is 1.82. The topological polar surface area (TPSA) is 81.1 Å². The molecule has 0 spiro atoms. The van der Waals surface area contributed by atoms with Crippen molar-refractivity contribution in [1.82, 2.24) is 14.5 Å². The highest BCUT2D eigenvalue weighted by Crippen LogP contribution is 2.30. The summed E-state index contributed by atoms with van der Waals surface area (Å²) in [6.45, 7) is 3.56. The Hall–Kier alpha value is -1.74. The average Bonchev–Trinajstić information content (AvgIpc) is 2.90. The van der Waals surface area contributed by atoms with E-state index in [1.54, 1.807) is 32.2 Å². The average molecular weight is 398 g/mol. The molecule has 9 heteroatoms. The molecule has 3 aromatic rings. The molecule has 0 unspecified atom stereocenters. The summed E-state index contributed by atoms with van der Waals surface area (Å²) in [6, 6.07) is 8.16. The standard InChI is InChI=1S/C16H16ClN3O3S2/c1-10-7-14(24-15(10)17)25(22,23)19-11(2)9-20-16(21)13-6-4-3-5-12(13)8-18-20/h3-8,11,19H,9H2,1-2H3/t11-/m0/s1. The quantitative estimate of drug-likeness (QED) is 0.717. The van der Waals surface area contributed by atoms with Crippen LogP contribution in [0.15, 0.2) is 45.5 Å². The first kappa shape index (κ1) is 18.1. The first-order valence-corrected chi connectivity index (χ1v) is 10.2. The van der Waals surface area contributed by atoms with Crippen LogP contribution in [0.2, 0.25) is 4.34 Å². The van der Waals surface area contributed by atoms with Gasteiger partial charge in [-0.3, -0.25) is 4.79 Å². The molecule has 0 radical (unpaired) electrons. The summed E-state index contributed by atoms with van der Waals surface area (Å²) >= 11 is 6.95. The number of thiophene rings is 1. The first-order chi connectivity index (χ1) is 11.8. The van der Waals surface area contributed by atoms with Gasteiger partial charge in [0.15, 0.2) is 0 Å². The number of hydrogen-bond donors (Lipinski definition) is 1. The van der Waals surface area contributed by atoms with Crippen LogP contribution in [-0.2, 0) is 16.6 Å². The fourth-order valence-corrected chi connectivity index (χ4v) is 5.40. The lowest BCUT2D eigenvalue weighted by molar-refractivity contribution is 0.481. The fourth-order valence-electron chi connectivity index (χ4n) is 2.44. The van der Waals surface area contributed by atoms with E-state index in [1.807, 2.05) is 12.1 Å². The molecule has 25 heavy (non-hydrogen) atoms. The van der Waals surface area contributed by atoms with Gasteiger partial charge in [-0.15, -0.1) is 11.3 Å². The van der Waals surface area contributed by atoms with E-state index in [2.05, 4.69) is 9.82 Å². The van der Waals surface area contributed by atoms with Crippen molar-refractivity contribution in [3.8, 4) is 0 Å². The zero-order valence-corrected chi connectivity index (χ0v) is 16.0. The van der Waals surface area contributed by atoms with Gasteiger partial charge in [-0.2, -0.15) is 5.10 Å². The molecule has 2 aromatic heterocycles. The Morgan fingerprint density at radius 2 is 2.08 bits per heavy atom. The first-order valence-electron chi connectivity index (χ1n) is 7.51. The molecule has 0 bridgehead atoms. The van der Waals surface area contributed by atoms with Crippen molar-refractivity contribution >= 4 is 43.7 Å². The van der Waals surface area contributed by atoms with Crippen LogP contribution < -0.4 is 10.3 Å². The smallest absolute Gasteiger partial charge is 0.267 e. The maximum Gasteiger partial charge on any atom is 0.274 e. The molecule has 0 aliphatic rings. The number of halogens is 1. The Morgan fingerprint density at radius 1 is 1.36 bits per heavy atom. The van der Waals surface area contributed by atoms with Crippen LogP contribution in [0, 0.1) is 6.92 Å². The number of benzene rings is 1. The molecule has 132 valence electrons. The highest BCUT2D eigenvalue weighted by atomic mass is 35.5. The monoisotopic (exact) mass is 397 g/mol. The third-order valence-corrected chi connectivity index (χ3v) is 7.28. The van der Waals surface area contributed by atoms with Crippen LogP contribution >= 0.6 is 22.9 Å².